The molecule has 124 valence electrons. The van der Waals surface area contributed by atoms with E-state index in [4.69, 9.17) is 4.74 Å². The molecule has 2 N–H and O–H groups in total. The number of aromatic amines is 1. The zero-order valence-corrected chi connectivity index (χ0v) is 14.8. The van der Waals surface area contributed by atoms with Crippen LogP contribution < -0.4 is 10.1 Å². The summed E-state index contributed by atoms with van der Waals surface area (Å²) in [4.78, 5) is 3.35. The fraction of sp³-hybridized carbons (Fsp3) is 0.556. The van der Waals surface area contributed by atoms with Gasteiger partial charge in [-0.2, -0.15) is 0 Å². The molecule has 0 bridgehead atoms. The highest BCUT2D eigenvalue weighted by Gasteiger charge is 2.09. The molecule has 0 aliphatic rings. The van der Waals surface area contributed by atoms with Gasteiger partial charge in [-0.25, -0.2) is 0 Å². The Morgan fingerprint density at radius 3 is 2.77 bits per heavy atom. The summed E-state index contributed by atoms with van der Waals surface area (Å²) in [7, 11) is 1.72. The van der Waals surface area contributed by atoms with Crippen LogP contribution in [-0.4, -0.2) is 24.7 Å². The van der Waals surface area contributed by atoms with E-state index in [1.165, 1.54) is 42.1 Å². The van der Waals surface area contributed by atoms with Crippen molar-refractivity contribution in [1.29, 1.82) is 0 Å². The van der Waals surface area contributed by atoms with Crippen LogP contribution in [0.2, 0.25) is 0 Å². The van der Waals surface area contributed by atoms with Crippen LogP contribution in [0.4, 0.5) is 0 Å². The van der Waals surface area contributed by atoms with Crippen molar-refractivity contribution < 1.29 is 4.74 Å². The number of benzene rings is 1. The van der Waals surface area contributed by atoms with Crippen LogP contribution in [0.25, 0.3) is 10.9 Å². The van der Waals surface area contributed by atoms with Crippen molar-refractivity contribution in [1.82, 2.24) is 10.3 Å². The summed E-state index contributed by atoms with van der Waals surface area (Å²) in [5.74, 6) is 0.920. The average molecular weight is 325 g/mol. The molecule has 1 heterocycles. The zero-order valence-electron chi connectivity index (χ0n) is 13.9. The van der Waals surface area contributed by atoms with Gasteiger partial charge in [-0.15, -0.1) is 12.4 Å². The van der Waals surface area contributed by atoms with E-state index < -0.39 is 0 Å². The second-order valence-electron chi connectivity index (χ2n) is 5.85. The highest BCUT2D eigenvalue weighted by molar-refractivity contribution is 5.85. The Labute approximate surface area is 140 Å². The zero-order chi connectivity index (χ0) is 15.1. The van der Waals surface area contributed by atoms with Crippen LogP contribution in [0.15, 0.2) is 24.4 Å². The van der Waals surface area contributed by atoms with E-state index >= 15 is 0 Å². The van der Waals surface area contributed by atoms with Gasteiger partial charge in [0.25, 0.3) is 0 Å². The van der Waals surface area contributed by atoms with Crippen LogP contribution >= 0.6 is 12.4 Å². The molecule has 4 heteroatoms. The van der Waals surface area contributed by atoms with E-state index in [1.807, 2.05) is 6.07 Å². The highest BCUT2D eigenvalue weighted by Crippen LogP contribution is 2.24. The topological polar surface area (TPSA) is 37.0 Å². The van der Waals surface area contributed by atoms with Gasteiger partial charge in [0, 0.05) is 23.1 Å². The predicted molar refractivity (Wildman–Crippen MR) is 97.4 cm³/mol. The molecule has 0 amide bonds. The van der Waals surface area contributed by atoms with Gasteiger partial charge in [-0.05, 0) is 50.1 Å². The number of hydrogen-bond donors (Lipinski definition) is 2. The normalized spacial score (nSPS) is 12.1. The number of hydrogen-bond acceptors (Lipinski definition) is 2. The third kappa shape index (κ3) is 5.22. The van der Waals surface area contributed by atoms with Gasteiger partial charge in [0.2, 0.25) is 0 Å². The monoisotopic (exact) mass is 324 g/mol. The van der Waals surface area contributed by atoms with Gasteiger partial charge in [0.15, 0.2) is 0 Å². The van der Waals surface area contributed by atoms with Crippen LogP contribution in [0.3, 0.4) is 0 Å². The number of unbranched alkanes of at least 4 members (excludes halogenated alkanes) is 3. The van der Waals surface area contributed by atoms with Gasteiger partial charge in [0.05, 0.1) is 7.11 Å². The number of methoxy groups -OCH3 is 1. The molecular formula is C18H29ClN2O. The van der Waals surface area contributed by atoms with Gasteiger partial charge in [0.1, 0.15) is 5.75 Å². The molecule has 1 aromatic heterocycles. The smallest absolute Gasteiger partial charge is 0.119 e. The lowest BCUT2D eigenvalue weighted by molar-refractivity contribution is 0.415. The fourth-order valence-corrected chi connectivity index (χ4v) is 2.76. The number of H-pyrrole nitrogens is 1. The van der Waals surface area contributed by atoms with Gasteiger partial charge in [-0.3, -0.25) is 0 Å². The van der Waals surface area contributed by atoms with Crippen LogP contribution in [0, 0.1) is 0 Å². The first-order chi connectivity index (χ1) is 10.2. The van der Waals surface area contributed by atoms with Gasteiger partial charge < -0.3 is 15.0 Å². The van der Waals surface area contributed by atoms with E-state index in [-0.39, 0.29) is 12.4 Å². The summed E-state index contributed by atoms with van der Waals surface area (Å²) in [6, 6.07) is 6.70. The molecule has 0 aliphatic carbocycles. The van der Waals surface area contributed by atoms with Crippen LogP contribution in [0.1, 0.15) is 45.1 Å². The molecule has 1 atom stereocenters. The summed E-state index contributed by atoms with van der Waals surface area (Å²) in [5, 5.41) is 4.90. The maximum Gasteiger partial charge on any atom is 0.119 e. The summed E-state index contributed by atoms with van der Waals surface area (Å²) in [5.41, 5.74) is 2.54. The highest BCUT2D eigenvalue weighted by atomic mass is 35.5. The molecule has 2 aromatic rings. The van der Waals surface area contributed by atoms with Crippen LogP contribution in [-0.2, 0) is 6.42 Å². The molecule has 2 rings (SSSR count). The lowest BCUT2D eigenvalue weighted by Gasteiger charge is -2.13. The van der Waals surface area contributed by atoms with E-state index in [0.29, 0.717) is 6.04 Å². The van der Waals surface area contributed by atoms with Crippen molar-refractivity contribution in [3.63, 3.8) is 0 Å². The van der Waals surface area contributed by atoms with E-state index in [2.05, 4.69) is 42.5 Å². The molecule has 3 nitrogen and oxygen atoms in total. The molecule has 0 saturated heterocycles. The van der Waals surface area contributed by atoms with Crippen molar-refractivity contribution in [3.05, 3.63) is 30.0 Å². The van der Waals surface area contributed by atoms with E-state index in [1.54, 1.807) is 7.11 Å². The Balaban J connectivity index is 0.00000242. The number of fused-ring (bicyclic) bond motifs is 1. The minimum atomic E-state index is 0. The largest absolute Gasteiger partial charge is 0.497 e. The van der Waals surface area contributed by atoms with Gasteiger partial charge in [-0.1, -0.05) is 26.2 Å². The first-order valence-corrected chi connectivity index (χ1v) is 8.12. The molecule has 0 radical (unpaired) electrons. The van der Waals surface area contributed by atoms with Crippen molar-refractivity contribution in [2.45, 2.75) is 52.0 Å². The molecule has 22 heavy (non-hydrogen) atoms. The molecule has 0 aliphatic heterocycles. The first-order valence-electron chi connectivity index (χ1n) is 8.12. The van der Waals surface area contributed by atoms with Crippen LogP contribution in [0.5, 0.6) is 5.75 Å². The van der Waals surface area contributed by atoms with Crippen molar-refractivity contribution >= 4 is 23.3 Å². The summed E-state index contributed by atoms with van der Waals surface area (Å²) in [6.07, 6.45) is 8.42. The Bertz CT molecular complexity index is 553. The van der Waals surface area contributed by atoms with E-state index in [0.717, 1.165) is 18.7 Å². The average Bonchev–Trinajstić information content (AvgIpc) is 2.89. The summed E-state index contributed by atoms with van der Waals surface area (Å²) in [6.45, 7) is 5.63. The Morgan fingerprint density at radius 1 is 1.23 bits per heavy atom. The van der Waals surface area contributed by atoms with Crippen molar-refractivity contribution in [2.24, 2.45) is 0 Å². The Morgan fingerprint density at radius 2 is 2.05 bits per heavy atom. The molecule has 0 saturated carbocycles. The lowest BCUT2D eigenvalue weighted by Crippen LogP contribution is -2.28. The lowest BCUT2D eigenvalue weighted by atomic mass is 10.1. The van der Waals surface area contributed by atoms with Crippen molar-refractivity contribution in [2.75, 3.05) is 13.7 Å². The fourth-order valence-electron chi connectivity index (χ4n) is 2.76. The summed E-state index contributed by atoms with van der Waals surface area (Å²) >= 11 is 0. The number of ether oxygens (including phenoxy) is 1. The number of rotatable bonds is 9. The number of nitrogens with one attached hydrogen (secondary N) is 2. The first kappa shape index (κ1) is 18.9. The molecule has 1 unspecified atom stereocenters. The molecule has 0 spiro atoms. The van der Waals surface area contributed by atoms with Gasteiger partial charge >= 0.3 is 0 Å². The minimum absolute atomic E-state index is 0. The number of halogens is 1. The third-order valence-corrected chi connectivity index (χ3v) is 4.02. The molecule has 1 aromatic carbocycles. The second kappa shape index (κ2) is 9.75. The predicted octanol–water partition coefficient (Wildman–Crippen LogP) is 4.70. The SMILES string of the molecule is CCCCCCNC(C)Cc1c[nH]c2ccc(OC)cc12.Cl. The Kier molecular flexibility index (Phi) is 8.36. The van der Waals surface area contributed by atoms with Crippen molar-refractivity contribution in [3.8, 4) is 5.75 Å². The van der Waals surface area contributed by atoms with E-state index in [9.17, 15) is 0 Å². The third-order valence-electron chi connectivity index (χ3n) is 4.02. The standard InChI is InChI=1S/C18H28N2O.ClH/c1-4-5-6-7-10-19-14(2)11-15-13-20-18-9-8-16(21-3)12-17(15)18;/h8-9,12-14,19-20H,4-7,10-11H2,1-3H3;1H. The Hall–Kier alpha value is -1.19. The minimum Gasteiger partial charge on any atom is -0.497 e. The second-order valence-corrected chi connectivity index (χ2v) is 5.85. The molecular weight excluding hydrogens is 296 g/mol. The summed E-state index contributed by atoms with van der Waals surface area (Å²) < 4.78 is 5.32. The number of aromatic nitrogens is 1. The quantitative estimate of drug-likeness (QED) is 0.656. The maximum atomic E-state index is 5.32. The molecule has 0 fully saturated rings. The maximum absolute atomic E-state index is 5.32.